The maximum absolute atomic E-state index is 10.8. The van der Waals surface area contributed by atoms with Crippen molar-refractivity contribution in [2.24, 2.45) is 0 Å². The molecule has 0 aromatic carbocycles. The zero-order chi connectivity index (χ0) is 11.1. The Morgan fingerprint density at radius 2 is 2.47 bits per heavy atom. The molecular weight excluding hydrogens is 210 g/mol. The largest absolute Gasteiger partial charge is 0.477 e. The molecule has 0 bridgehead atoms. The first-order valence-corrected chi connectivity index (χ1v) is 5.57. The van der Waals surface area contributed by atoms with Crippen LogP contribution in [0.3, 0.4) is 0 Å². The third-order valence-electron chi connectivity index (χ3n) is 1.93. The highest BCUT2D eigenvalue weighted by Crippen LogP contribution is 2.16. The van der Waals surface area contributed by atoms with Crippen LogP contribution in [-0.2, 0) is 6.54 Å². The minimum absolute atomic E-state index is 0.416. The average molecular weight is 223 g/mol. The van der Waals surface area contributed by atoms with Crippen molar-refractivity contribution < 1.29 is 9.90 Å². The van der Waals surface area contributed by atoms with E-state index in [1.807, 2.05) is 6.07 Å². The van der Waals surface area contributed by atoms with Gasteiger partial charge in [0, 0.05) is 13.0 Å². The van der Waals surface area contributed by atoms with Crippen LogP contribution in [0.25, 0.3) is 0 Å². The van der Waals surface area contributed by atoms with E-state index in [1.165, 1.54) is 11.3 Å². The lowest BCUT2D eigenvalue weighted by atomic mass is 10.2. The lowest BCUT2D eigenvalue weighted by molar-refractivity contribution is 0.0701. The molecule has 15 heavy (non-hydrogen) atoms. The zero-order valence-electron chi connectivity index (χ0n) is 8.32. The molecule has 1 rings (SSSR count). The molecule has 1 aromatic heterocycles. The van der Waals surface area contributed by atoms with Crippen LogP contribution in [0.5, 0.6) is 0 Å². The topological polar surface area (TPSA) is 49.3 Å². The number of nitrogens with one attached hydrogen (secondary N) is 1. The fraction of sp³-hybridized carbons (Fsp3) is 0.364. The third kappa shape index (κ3) is 3.74. The van der Waals surface area contributed by atoms with Gasteiger partial charge in [-0.05, 0) is 30.0 Å². The Hall–Kier alpha value is -1.31. The first-order chi connectivity index (χ1) is 7.25. The van der Waals surface area contributed by atoms with Gasteiger partial charge in [-0.15, -0.1) is 23.7 Å². The molecule has 0 unspecified atom stereocenters. The van der Waals surface area contributed by atoms with E-state index in [-0.39, 0.29) is 0 Å². The highest BCUT2D eigenvalue weighted by molar-refractivity contribution is 7.12. The van der Waals surface area contributed by atoms with Gasteiger partial charge < -0.3 is 10.4 Å². The number of thiophene rings is 1. The van der Waals surface area contributed by atoms with Crippen LogP contribution in [0.4, 0.5) is 0 Å². The first kappa shape index (κ1) is 11.8. The molecule has 0 aliphatic carbocycles. The molecule has 0 aliphatic heterocycles. The summed E-state index contributed by atoms with van der Waals surface area (Å²) in [7, 11) is 0. The number of terminal acetylenes is 1. The van der Waals surface area contributed by atoms with Gasteiger partial charge in [-0.3, -0.25) is 0 Å². The lowest BCUT2D eigenvalue weighted by Gasteiger charge is -2.02. The summed E-state index contributed by atoms with van der Waals surface area (Å²) in [6.07, 6.45) is 6.79. The van der Waals surface area contributed by atoms with Crippen LogP contribution in [0.2, 0.25) is 0 Å². The number of rotatable bonds is 6. The summed E-state index contributed by atoms with van der Waals surface area (Å²) in [4.78, 5) is 11.2. The van der Waals surface area contributed by atoms with Crippen molar-refractivity contribution >= 4 is 17.3 Å². The average Bonchev–Trinajstić information content (AvgIpc) is 2.66. The van der Waals surface area contributed by atoms with E-state index in [9.17, 15) is 4.79 Å². The molecular formula is C11H13NO2S. The number of hydrogen-bond donors (Lipinski definition) is 2. The van der Waals surface area contributed by atoms with Crippen LogP contribution in [0.1, 0.15) is 28.1 Å². The van der Waals surface area contributed by atoms with Gasteiger partial charge in [-0.2, -0.15) is 0 Å². The Bertz CT molecular complexity index is 365. The van der Waals surface area contributed by atoms with Gasteiger partial charge in [0.25, 0.3) is 0 Å². The molecule has 0 amide bonds. The van der Waals surface area contributed by atoms with E-state index in [2.05, 4.69) is 11.2 Å². The number of hydrogen-bond acceptors (Lipinski definition) is 3. The predicted molar refractivity (Wildman–Crippen MR) is 61.1 cm³/mol. The number of unbranched alkanes of at least 4 members (excludes halogenated alkanes) is 1. The minimum atomic E-state index is -0.856. The molecule has 0 saturated heterocycles. The Labute approximate surface area is 93.1 Å². The summed E-state index contributed by atoms with van der Waals surface area (Å²) in [6.45, 7) is 1.41. The van der Waals surface area contributed by atoms with Crippen molar-refractivity contribution in [3.8, 4) is 12.3 Å². The summed E-state index contributed by atoms with van der Waals surface area (Å²) < 4.78 is 0. The molecule has 0 radical (unpaired) electrons. The van der Waals surface area contributed by atoms with Gasteiger partial charge in [-0.25, -0.2) is 4.79 Å². The van der Waals surface area contributed by atoms with Crippen LogP contribution in [0, 0.1) is 12.3 Å². The molecule has 4 heteroatoms. The molecule has 0 saturated carbocycles. The fourth-order valence-electron chi connectivity index (χ4n) is 1.20. The number of carbonyl (C=O) groups is 1. The van der Waals surface area contributed by atoms with E-state index < -0.39 is 5.97 Å². The number of carboxylic acids is 1. The van der Waals surface area contributed by atoms with E-state index in [4.69, 9.17) is 11.5 Å². The minimum Gasteiger partial charge on any atom is -0.477 e. The first-order valence-electron chi connectivity index (χ1n) is 4.69. The third-order valence-corrected chi connectivity index (χ3v) is 2.88. The zero-order valence-corrected chi connectivity index (χ0v) is 9.14. The second-order valence-corrected chi connectivity index (χ2v) is 3.98. The Kier molecular flexibility index (Phi) is 4.88. The van der Waals surface area contributed by atoms with Crippen LogP contribution in [-0.4, -0.2) is 17.6 Å². The van der Waals surface area contributed by atoms with Gasteiger partial charge in [0.1, 0.15) is 4.88 Å². The Balaban J connectivity index is 2.35. The SMILES string of the molecule is C#CCCCNCc1ccsc1C(=O)O. The van der Waals surface area contributed by atoms with E-state index in [0.29, 0.717) is 11.4 Å². The molecule has 2 N–H and O–H groups in total. The van der Waals surface area contributed by atoms with Crippen molar-refractivity contribution in [3.05, 3.63) is 21.9 Å². The van der Waals surface area contributed by atoms with Crippen LogP contribution in [0.15, 0.2) is 11.4 Å². The molecule has 0 atom stereocenters. The van der Waals surface area contributed by atoms with E-state index in [0.717, 1.165) is 24.9 Å². The van der Waals surface area contributed by atoms with Crippen molar-refractivity contribution in [3.63, 3.8) is 0 Å². The summed E-state index contributed by atoms with van der Waals surface area (Å²) in [5, 5.41) is 13.8. The summed E-state index contributed by atoms with van der Waals surface area (Å²) in [5.74, 6) is 1.70. The second-order valence-electron chi connectivity index (χ2n) is 3.06. The highest BCUT2D eigenvalue weighted by Gasteiger charge is 2.10. The van der Waals surface area contributed by atoms with Crippen LogP contribution < -0.4 is 5.32 Å². The second kappa shape index (κ2) is 6.23. The van der Waals surface area contributed by atoms with Crippen LogP contribution >= 0.6 is 11.3 Å². The molecule has 80 valence electrons. The predicted octanol–water partition coefficient (Wildman–Crippen LogP) is 1.95. The van der Waals surface area contributed by atoms with E-state index in [1.54, 1.807) is 5.38 Å². The quantitative estimate of drug-likeness (QED) is 0.572. The number of carboxylic acid groups (broad SMARTS) is 1. The number of aromatic carboxylic acids is 1. The van der Waals surface area contributed by atoms with Crippen molar-refractivity contribution in [2.75, 3.05) is 6.54 Å². The summed E-state index contributed by atoms with van der Waals surface area (Å²) in [6, 6.07) is 1.84. The molecule has 0 spiro atoms. The molecule has 3 nitrogen and oxygen atoms in total. The smallest absolute Gasteiger partial charge is 0.346 e. The molecule has 0 aliphatic rings. The van der Waals surface area contributed by atoms with Gasteiger partial charge in [0.15, 0.2) is 0 Å². The standard InChI is InChI=1S/C11H13NO2S/c1-2-3-4-6-12-8-9-5-7-15-10(9)11(13)14/h1,5,7,12H,3-4,6,8H2,(H,13,14). The van der Waals surface area contributed by atoms with Crippen molar-refractivity contribution in [2.45, 2.75) is 19.4 Å². The Morgan fingerprint density at radius 3 is 3.13 bits per heavy atom. The summed E-state index contributed by atoms with van der Waals surface area (Å²) in [5.41, 5.74) is 0.841. The molecule has 1 aromatic rings. The maximum Gasteiger partial charge on any atom is 0.346 e. The van der Waals surface area contributed by atoms with Crippen molar-refractivity contribution in [1.29, 1.82) is 0 Å². The summed E-state index contributed by atoms with van der Waals surface area (Å²) >= 11 is 1.25. The van der Waals surface area contributed by atoms with E-state index >= 15 is 0 Å². The monoisotopic (exact) mass is 223 g/mol. The van der Waals surface area contributed by atoms with Gasteiger partial charge in [0.2, 0.25) is 0 Å². The van der Waals surface area contributed by atoms with Crippen molar-refractivity contribution in [1.82, 2.24) is 5.32 Å². The van der Waals surface area contributed by atoms with Gasteiger partial charge >= 0.3 is 5.97 Å². The molecule has 1 heterocycles. The fourth-order valence-corrected chi connectivity index (χ4v) is 1.96. The maximum atomic E-state index is 10.8. The van der Waals surface area contributed by atoms with Gasteiger partial charge in [0.05, 0.1) is 0 Å². The van der Waals surface area contributed by atoms with Gasteiger partial charge in [-0.1, -0.05) is 0 Å². The Morgan fingerprint density at radius 1 is 1.67 bits per heavy atom. The normalized spacial score (nSPS) is 9.80. The lowest BCUT2D eigenvalue weighted by Crippen LogP contribution is -2.15. The molecule has 0 fully saturated rings. The highest BCUT2D eigenvalue weighted by atomic mass is 32.1.